The number of hydrogen-bond acceptors (Lipinski definition) is 6. The van der Waals surface area contributed by atoms with Crippen molar-refractivity contribution >= 4 is 17.5 Å². The third-order valence-electron chi connectivity index (χ3n) is 4.81. The van der Waals surface area contributed by atoms with Crippen molar-refractivity contribution in [3.63, 3.8) is 0 Å². The first-order valence-corrected chi connectivity index (χ1v) is 9.03. The summed E-state index contributed by atoms with van der Waals surface area (Å²) in [7, 11) is 1.42. The standard InChI is InChI=1S/C18H23N3O6/c1-3-27-16-11-14(21(24)25)13(10-15(16)26-2)18(23)20-8-6-19(7-9-20)17(22)12-4-5-12/h10-12H,3-9H2,1-2H3. The Morgan fingerprint density at radius 1 is 1.15 bits per heavy atom. The van der Waals surface area contributed by atoms with Gasteiger partial charge in [0.25, 0.3) is 11.6 Å². The van der Waals surface area contributed by atoms with Gasteiger partial charge in [0, 0.05) is 38.2 Å². The Morgan fingerprint density at radius 2 is 1.78 bits per heavy atom. The van der Waals surface area contributed by atoms with Crippen LogP contribution in [0, 0.1) is 16.0 Å². The Kier molecular flexibility index (Phi) is 5.48. The van der Waals surface area contributed by atoms with Crippen LogP contribution >= 0.6 is 0 Å². The zero-order valence-electron chi connectivity index (χ0n) is 15.5. The molecule has 27 heavy (non-hydrogen) atoms. The van der Waals surface area contributed by atoms with Crippen molar-refractivity contribution in [1.29, 1.82) is 0 Å². The third-order valence-corrected chi connectivity index (χ3v) is 4.81. The van der Waals surface area contributed by atoms with E-state index in [9.17, 15) is 19.7 Å². The van der Waals surface area contributed by atoms with Crippen molar-refractivity contribution in [3.05, 3.63) is 27.8 Å². The van der Waals surface area contributed by atoms with Crippen LogP contribution in [0.15, 0.2) is 12.1 Å². The van der Waals surface area contributed by atoms with Crippen molar-refractivity contribution < 1.29 is 24.0 Å². The zero-order chi connectivity index (χ0) is 19.6. The van der Waals surface area contributed by atoms with E-state index in [4.69, 9.17) is 9.47 Å². The number of amides is 2. The second-order valence-electron chi connectivity index (χ2n) is 6.60. The van der Waals surface area contributed by atoms with Crippen molar-refractivity contribution in [2.24, 2.45) is 5.92 Å². The maximum Gasteiger partial charge on any atom is 0.286 e. The van der Waals surface area contributed by atoms with Gasteiger partial charge in [0.1, 0.15) is 5.56 Å². The lowest BCUT2D eigenvalue weighted by Gasteiger charge is -2.35. The van der Waals surface area contributed by atoms with E-state index in [0.29, 0.717) is 32.8 Å². The summed E-state index contributed by atoms with van der Waals surface area (Å²) in [5.74, 6) is 0.345. The SMILES string of the molecule is CCOc1cc([N+](=O)[O-])c(C(=O)N2CCN(C(=O)C3CC3)CC2)cc1OC. The normalized spacial score (nSPS) is 16.8. The fourth-order valence-corrected chi connectivity index (χ4v) is 3.19. The van der Waals surface area contributed by atoms with Crippen LogP contribution in [0.2, 0.25) is 0 Å². The summed E-state index contributed by atoms with van der Waals surface area (Å²) in [6.07, 6.45) is 1.88. The molecule has 1 saturated heterocycles. The van der Waals surface area contributed by atoms with E-state index >= 15 is 0 Å². The molecule has 0 spiro atoms. The highest BCUT2D eigenvalue weighted by Crippen LogP contribution is 2.36. The van der Waals surface area contributed by atoms with Crippen LogP contribution in [0.25, 0.3) is 0 Å². The third kappa shape index (κ3) is 3.96. The summed E-state index contributed by atoms with van der Waals surface area (Å²) in [5, 5.41) is 11.5. The van der Waals surface area contributed by atoms with Crippen LogP contribution < -0.4 is 9.47 Å². The maximum atomic E-state index is 12.9. The minimum atomic E-state index is -0.595. The lowest BCUT2D eigenvalue weighted by atomic mass is 10.1. The highest BCUT2D eigenvalue weighted by atomic mass is 16.6. The molecule has 1 aromatic carbocycles. The van der Waals surface area contributed by atoms with E-state index in [2.05, 4.69) is 0 Å². The first kappa shape index (κ1) is 18.9. The lowest BCUT2D eigenvalue weighted by molar-refractivity contribution is -0.385. The fourth-order valence-electron chi connectivity index (χ4n) is 3.19. The van der Waals surface area contributed by atoms with Crippen LogP contribution in [0.4, 0.5) is 5.69 Å². The number of hydrogen-bond donors (Lipinski definition) is 0. The Hall–Kier alpha value is -2.84. The number of carbonyl (C=O) groups excluding carboxylic acids is 2. The fraction of sp³-hybridized carbons (Fsp3) is 0.556. The predicted molar refractivity (Wildman–Crippen MR) is 96.0 cm³/mol. The molecule has 1 aliphatic heterocycles. The minimum Gasteiger partial charge on any atom is -0.493 e. The van der Waals surface area contributed by atoms with E-state index in [0.717, 1.165) is 12.8 Å². The first-order valence-electron chi connectivity index (χ1n) is 9.03. The van der Waals surface area contributed by atoms with Crippen LogP contribution in [-0.4, -0.2) is 66.4 Å². The van der Waals surface area contributed by atoms with Gasteiger partial charge in [-0.05, 0) is 19.8 Å². The Bertz CT molecular complexity index is 754. The van der Waals surface area contributed by atoms with Gasteiger partial charge in [0.15, 0.2) is 11.5 Å². The van der Waals surface area contributed by atoms with E-state index in [1.807, 2.05) is 0 Å². The molecule has 2 fully saturated rings. The molecule has 9 heteroatoms. The number of nitro groups is 1. The number of benzene rings is 1. The van der Waals surface area contributed by atoms with Gasteiger partial charge in [-0.15, -0.1) is 0 Å². The molecule has 2 aliphatic rings. The number of nitro benzene ring substituents is 1. The smallest absolute Gasteiger partial charge is 0.286 e. The van der Waals surface area contributed by atoms with Gasteiger partial charge in [0.2, 0.25) is 5.91 Å². The van der Waals surface area contributed by atoms with Crippen molar-refractivity contribution in [2.45, 2.75) is 19.8 Å². The molecule has 0 radical (unpaired) electrons. The Labute approximate surface area is 157 Å². The molecule has 9 nitrogen and oxygen atoms in total. The first-order chi connectivity index (χ1) is 13.0. The van der Waals surface area contributed by atoms with Crippen LogP contribution in [-0.2, 0) is 4.79 Å². The molecular weight excluding hydrogens is 354 g/mol. The topological polar surface area (TPSA) is 102 Å². The van der Waals surface area contributed by atoms with E-state index < -0.39 is 10.8 Å². The second-order valence-corrected chi connectivity index (χ2v) is 6.60. The molecule has 1 heterocycles. The molecule has 146 valence electrons. The number of carbonyl (C=O) groups is 2. The second kappa shape index (κ2) is 7.81. The predicted octanol–water partition coefficient (Wildman–Crippen LogP) is 1.70. The molecule has 0 N–H and O–H groups in total. The van der Waals surface area contributed by atoms with Gasteiger partial charge in [-0.1, -0.05) is 0 Å². The van der Waals surface area contributed by atoms with Crippen LogP contribution in [0.1, 0.15) is 30.1 Å². The van der Waals surface area contributed by atoms with Gasteiger partial charge in [-0.25, -0.2) is 0 Å². The number of piperazine rings is 1. The van der Waals surface area contributed by atoms with Gasteiger partial charge < -0.3 is 19.3 Å². The van der Waals surface area contributed by atoms with Crippen molar-refractivity contribution in [3.8, 4) is 11.5 Å². The van der Waals surface area contributed by atoms with E-state index in [-0.39, 0.29) is 34.6 Å². The summed E-state index contributed by atoms with van der Waals surface area (Å²) in [6, 6.07) is 2.58. The monoisotopic (exact) mass is 377 g/mol. The molecule has 0 atom stereocenters. The van der Waals surface area contributed by atoms with Crippen LogP contribution in [0.5, 0.6) is 11.5 Å². The Morgan fingerprint density at radius 3 is 2.30 bits per heavy atom. The minimum absolute atomic E-state index is 0.0396. The molecule has 0 unspecified atom stereocenters. The molecule has 1 aliphatic carbocycles. The molecule has 3 rings (SSSR count). The molecule has 1 saturated carbocycles. The summed E-state index contributed by atoms with van der Waals surface area (Å²) in [6.45, 7) is 3.67. The summed E-state index contributed by atoms with van der Waals surface area (Å²) in [4.78, 5) is 39.2. The average molecular weight is 377 g/mol. The molecule has 2 amide bonds. The van der Waals surface area contributed by atoms with Crippen molar-refractivity contribution in [1.82, 2.24) is 9.80 Å². The zero-order valence-corrected chi connectivity index (χ0v) is 15.5. The largest absolute Gasteiger partial charge is 0.493 e. The molecule has 1 aromatic rings. The lowest BCUT2D eigenvalue weighted by Crippen LogP contribution is -2.51. The quantitative estimate of drug-likeness (QED) is 0.552. The molecule has 0 bridgehead atoms. The average Bonchev–Trinajstić information content (AvgIpc) is 3.52. The van der Waals surface area contributed by atoms with E-state index in [1.165, 1.54) is 19.2 Å². The number of methoxy groups -OCH3 is 1. The van der Waals surface area contributed by atoms with Gasteiger partial charge in [-0.3, -0.25) is 19.7 Å². The van der Waals surface area contributed by atoms with Gasteiger partial charge in [-0.2, -0.15) is 0 Å². The maximum absolute atomic E-state index is 12.9. The molecule has 0 aromatic heterocycles. The summed E-state index contributed by atoms with van der Waals surface area (Å²) < 4.78 is 10.6. The summed E-state index contributed by atoms with van der Waals surface area (Å²) in [5.41, 5.74) is -0.358. The molecular formula is C18H23N3O6. The van der Waals surface area contributed by atoms with E-state index in [1.54, 1.807) is 16.7 Å². The number of ether oxygens (including phenoxy) is 2. The Balaban J connectivity index is 1.79. The van der Waals surface area contributed by atoms with Gasteiger partial charge in [0.05, 0.1) is 24.7 Å². The number of nitrogens with zero attached hydrogens (tertiary/aromatic N) is 3. The highest BCUT2D eigenvalue weighted by Gasteiger charge is 2.36. The van der Waals surface area contributed by atoms with Crippen LogP contribution in [0.3, 0.4) is 0 Å². The summed E-state index contributed by atoms with van der Waals surface area (Å²) >= 11 is 0. The van der Waals surface area contributed by atoms with Crippen molar-refractivity contribution in [2.75, 3.05) is 39.9 Å². The number of rotatable bonds is 6. The van der Waals surface area contributed by atoms with Gasteiger partial charge >= 0.3 is 0 Å². The highest BCUT2D eigenvalue weighted by molar-refractivity contribution is 5.99.